The highest BCUT2D eigenvalue weighted by atomic mass is 16.6. The van der Waals surface area contributed by atoms with Gasteiger partial charge in [-0.15, -0.1) is 0 Å². The molecular formula is C99H168O31. The van der Waals surface area contributed by atoms with Gasteiger partial charge in [-0.2, -0.15) is 0 Å². The van der Waals surface area contributed by atoms with Gasteiger partial charge in [0, 0.05) is 103 Å². The molecule has 750 valence electrons. The number of ether oxygens (including phenoxy) is 15. The van der Waals surface area contributed by atoms with E-state index in [0.717, 1.165) is 77.0 Å². The molecule has 0 atom stereocenters. The van der Waals surface area contributed by atoms with Crippen LogP contribution in [-0.4, -0.2) is 194 Å². The van der Waals surface area contributed by atoms with Gasteiger partial charge in [-0.3, -0.25) is 71.9 Å². The maximum Gasteiger partial charge on any atom is 0.305 e. The topological polar surface area (TPSA) is 412 Å². The molecule has 0 aliphatic heterocycles. The highest BCUT2D eigenvalue weighted by Gasteiger charge is 2.16. The summed E-state index contributed by atoms with van der Waals surface area (Å²) in [5, 5.41) is 0. The Morgan fingerprint density at radius 3 is 0.292 bits per heavy atom. The van der Waals surface area contributed by atoms with Crippen LogP contribution in [0.1, 0.15) is 438 Å². The van der Waals surface area contributed by atoms with Crippen molar-refractivity contribution in [2.75, 3.05) is 99.1 Å². The molecule has 0 spiro atoms. The minimum atomic E-state index is -0.294. The average molecular weight is 1850 g/mol. The van der Waals surface area contributed by atoms with E-state index in [4.69, 9.17) is 71.1 Å². The van der Waals surface area contributed by atoms with E-state index in [2.05, 4.69) is 6.92 Å². The third kappa shape index (κ3) is 94.4. The Labute approximate surface area is 776 Å². The number of unbranched alkanes of at least 4 members (excludes halogenated alkanes) is 34. The molecule has 0 rings (SSSR count). The molecular weight excluding hydrogens is 1690 g/mol. The molecule has 0 aromatic heterocycles. The molecule has 0 heterocycles. The number of esters is 15. The van der Waals surface area contributed by atoms with Gasteiger partial charge in [0.25, 0.3) is 0 Å². The molecule has 0 unspecified atom stereocenters. The fourth-order valence-electron chi connectivity index (χ4n) is 13.1. The summed E-state index contributed by atoms with van der Waals surface area (Å²) in [7, 11) is 0. The second kappa shape index (κ2) is 93.9. The summed E-state index contributed by atoms with van der Waals surface area (Å²) in [5.41, 5.74) is 0. The van der Waals surface area contributed by atoms with Crippen molar-refractivity contribution >= 4 is 95.3 Å². The first kappa shape index (κ1) is 122. The van der Waals surface area contributed by atoms with Gasteiger partial charge in [0.2, 0.25) is 0 Å². The Kier molecular flexibility index (Phi) is 88.0. The van der Waals surface area contributed by atoms with Crippen LogP contribution in [0.2, 0.25) is 0 Å². The third-order valence-corrected chi connectivity index (χ3v) is 21.0. The van der Waals surface area contributed by atoms with Gasteiger partial charge in [0.15, 0.2) is 0 Å². The monoisotopic (exact) mass is 1850 g/mol. The Morgan fingerprint density at radius 1 is 0.115 bits per heavy atom. The van der Waals surface area contributed by atoms with Gasteiger partial charge in [-0.25, -0.2) is 0 Å². The number of hydrogen-bond acceptors (Lipinski definition) is 31. The Bertz CT molecular complexity index is 2840. The lowest BCUT2D eigenvalue weighted by molar-refractivity contribution is -0.146. The van der Waals surface area contributed by atoms with E-state index in [1.54, 1.807) is 6.92 Å². The minimum absolute atomic E-state index is 0.148. The lowest BCUT2D eigenvalue weighted by Crippen LogP contribution is -2.09. The van der Waals surface area contributed by atoms with Crippen LogP contribution in [-0.2, 0) is 148 Å². The number of ketones is 1. The van der Waals surface area contributed by atoms with E-state index >= 15 is 0 Å². The van der Waals surface area contributed by atoms with Crippen LogP contribution < -0.4 is 0 Å². The van der Waals surface area contributed by atoms with Gasteiger partial charge in [0.05, 0.1) is 99.1 Å². The highest BCUT2D eigenvalue weighted by Crippen LogP contribution is 2.17. The van der Waals surface area contributed by atoms with E-state index < -0.39 is 0 Å². The van der Waals surface area contributed by atoms with Crippen LogP contribution in [0, 0.1) is 0 Å². The average Bonchev–Trinajstić information content (AvgIpc) is 0.970. The largest absolute Gasteiger partial charge is 0.466 e. The first-order valence-corrected chi connectivity index (χ1v) is 50.0. The molecule has 0 fully saturated rings. The first-order chi connectivity index (χ1) is 63.2. The van der Waals surface area contributed by atoms with Crippen LogP contribution >= 0.6 is 0 Å². The smallest absolute Gasteiger partial charge is 0.305 e. The van der Waals surface area contributed by atoms with Crippen LogP contribution in [0.5, 0.6) is 0 Å². The zero-order chi connectivity index (χ0) is 95.1. The second-order valence-corrected chi connectivity index (χ2v) is 33.3. The number of Topliss-reactive ketones (excluding diaryl/α,β-unsaturated/α-hetero) is 1. The molecule has 0 radical (unpaired) electrons. The van der Waals surface area contributed by atoms with E-state index in [1.807, 2.05) is 0 Å². The second-order valence-electron chi connectivity index (χ2n) is 33.3. The van der Waals surface area contributed by atoms with Gasteiger partial charge in [-0.1, -0.05) is 32.6 Å². The third-order valence-electron chi connectivity index (χ3n) is 21.0. The summed E-state index contributed by atoms with van der Waals surface area (Å²) in [6, 6.07) is 0. The summed E-state index contributed by atoms with van der Waals surface area (Å²) < 4.78 is 79.5. The summed E-state index contributed by atoms with van der Waals surface area (Å²) in [5.74, 6) is -3.88. The molecule has 31 heteroatoms. The molecule has 130 heavy (non-hydrogen) atoms. The summed E-state index contributed by atoms with van der Waals surface area (Å²) >= 11 is 0. The van der Waals surface area contributed by atoms with Gasteiger partial charge in [0.1, 0.15) is 5.78 Å². The Hall–Kier alpha value is -8.28. The van der Waals surface area contributed by atoms with E-state index in [0.29, 0.717) is 303 Å². The fraction of sp³-hybridized carbons (Fsp3) is 0.838. The lowest BCUT2D eigenvalue weighted by Gasteiger charge is -2.07. The normalized spacial score (nSPS) is 10.9. The summed E-state index contributed by atoms with van der Waals surface area (Å²) in [4.78, 5) is 192. The molecule has 0 amide bonds. The number of carbonyl (C=O) groups is 16. The lowest BCUT2D eigenvalue weighted by atomic mass is 10.1. The molecule has 0 aromatic rings. The van der Waals surface area contributed by atoms with Crippen LogP contribution in [0.4, 0.5) is 0 Å². The van der Waals surface area contributed by atoms with Gasteiger partial charge in [-0.05, 0) is 302 Å². The first-order valence-electron chi connectivity index (χ1n) is 50.0. The van der Waals surface area contributed by atoms with Crippen LogP contribution in [0.3, 0.4) is 0 Å². The molecule has 0 N–H and O–H groups in total. The Morgan fingerprint density at radius 2 is 0.200 bits per heavy atom. The zero-order valence-electron chi connectivity index (χ0n) is 79.9. The predicted octanol–water partition coefficient (Wildman–Crippen LogP) is 19.5. The van der Waals surface area contributed by atoms with Crippen LogP contribution in [0.25, 0.3) is 0 Å². The number of carbonyl (C=O) groups excluding carboxylic acids is 16. The fourth-order valence-corrected chi connectivity index (χ4v) is 13.1. The molecule has 31 nitrogen and oxygen atoms in total. The maximum absolute atomic E-state index is 12.2. The van der Waals surface area contributed by atoms with Crippen molar-refractivity contribution in [2.45, 2.75) is 438 Å². The van der Waals surface area contributed by atoms with Crippen molar-refractivity contribution in [1.82, 2.24) is 0 Å². The van der Waals surface area contributed by atoms with Crippen molar-refractivity contribution < 1.29 is 148 Å². The summed E-state index contributed by atoms with van der Waals surface area (Å²) in [6.45, 7) is 8.15. The molecule has 0 aliphatic carbocycles. The molecule has 0 saturated heterocycles. The minimum Gasteiger partial charge on any atom is -0.466 e. The van der Waals surface area contributed by atoms with E-state index in [1.165, 1.54) is 12.8 Å². The molecule has 0 saturated carbocycles. The van der Waals surface area contributed by atoms with Crippen molar-refractivity contribution in [1.29, 1.82) is 0 Å². The maximum atomic E-state index is 12.2. The van der Waals surface area contributed by atoms with Crippen molar-refractivity contribution in [3.8, 4) is 0 Å². The van der Waals surface area contributed by atoms with E-state index in [-0.39, 0.29) is 226 Å². The summed E-state index contributed by atoms with van der Waals surface area (Å²) in [6.07, 6.45) is 40.8. The predicted molar refractivity (Wildman–Crippen MR) is 485 cm³/mol. The van der Waals surface area contributed by atoms with Crippen molar-refractivity contribution in [3.63, 3.8) is 0 Å². The van der Waals surface area contributed by atoms with Crippen molar-refractivity contribution in [3.05, 3.63) is 0 Å². The quantitative estimate of drug-likeness (QED) is 0.0310. The van der Waals surface area contributed by atoms with E-state index in [9.17, 15) is 76.7 Å². The SMILES string of the molecule is CCCCCCCC(=O)OCCCCCC(=O)OCCCCCC(=O)OCCCCCC(=O)OCCCCCC(=O)OCCCCCC(=O)OCCCCCC(=O)OCCCCCC(=O)OCCCCCC(=O)OCCCCCC(=O)OCCCCCC(=O)OCCCCCC(=O)OCCCCCC(=O)OCCCCCC(=O)OCCCCCC(=O)OCCCCCC(C)=O. The van der Waals surface area contributed by atoms with Crippen molar-refractivity contribution in [2.24, 2.45) is 0 Å². The molecule has 0 aromatic carbocycles. The standard InChI is InChI=1S/C99H168O31/c1-3-4-5-6-23-54-85(101)117-70-39-8-25-56-87(103)119-72-41-10-27-58-89(105)121-74-43-12-29-60-91(107)123-76-45-14-31-62-93(109)125-78-47-16-33-64-95(111)127-80-49-18-35-66-97(113)129-82-51-20-37-68-99(115)130-83-52-21-36-67-98(114)128-81-50-19-34-65-96(112)126-79-48-17-32-63-94(110)124-77-46-15-30-61-92(108)122-75-44-13-28-59-90(106)120-73-42-11-26-57-88(104)118-71-40-9-24-55-86(102)116-69-38-7-22-53-84(2)100/h3-83H2,1-2H3. The number of hydrogen-bond donors (Lipinski definition) is 0. The van der Waals surface area contributed by atoms with Gasteiger partial charge < -0.3 is 75.8 Å². The molecule has 0 bridgehead atoms. The zero-order valence-corrected chi connectivity index (χ0v) is 79.9. The van der Waals surface area contributed by atoms with Gasteiger partial charge >= 0.3 is 89.5 Å². The highest BCUT2D eigenvalue weighted by molar-refractivity contribution is 5.76. The molecule has 0 aliphatic rings. The van der Waals surface area contributed by atoms with Crippen LogP contribution in [0.15, 0.2) is 0 Å². The Balaban J connectivity index is 3.54. The number of rotatable bonds is 96.